The number of Topliss-reactive ketones (excluding diaryl/α,β-unsaturated/α-hetero) is 1. The summed E-state index contributed by atoms with van der Waals surface area (Å²) in [5.41, 5.74) is 3.61. The molecule has 0 spiro atoms. The van der Waals surface area contributed by atoms with Crippen molar-refractivity contribution in [3.63, 3.8) is 0 Å². The van der Waals surface area contributed by atoms with Crippen molar-refractivity contribution in [3.05, 3.63) is 71.3 Å². The lowest BCUT2D eigenvalue weighted by molar-refractivity contribution is 0.0963. The number of carbonyl (C=O) groups excluding carboxylic acids is 1. The van der Waals surface area contributed by atoms with Gasteiger partial charge in [-0.3, -0.25) is 9.69 Å². The van der Waals surface area contributed by atoms with Crippen molar-refractivity contribution < 1.29 is 4.79 Å². The van der Waals surface area contributed by atoms with E-state index in [1.807, 2.05) is 30.3 Å². The quantitative estimate of drug-likeness (QED) is 0.777. The molecule has 2 heteroatoms. The highest BCUT2D eigenvalue weighted by molar-refractivity contribution is 5.96. The van der Waals surface area contributed by atoms with Crippen LogP contribution in [0.15, 0.2) is 54.6 Å². The van der Waals surface area contributed by atoms with Gasteiger partial charge in [0.05, 0.1) is 0 Å². The van der Waals surface area contributed by atoms with E-state index in [1.54, 1.807) is 0 Å². The Balaban J connectivity index is 1.56. The average Bonchev–Trinajstić information content (AvgIpc) is 2.88. The highest BCUT2D eigenvalue weighted by atomic mass is 16.1. The molecule has 0 saturated carbocycles. The fraction of sp³-hybridized carbons (Fsp3) is 0.235. The van der Waals surface area contributed by atoms with Crippen LogP contribution in [-0.4, -0.2) is 17.2 Å². The summed E-state index contributed by atoms with van der Waals surface area (Å²) in [4.78, 5) is 14.4. The minimum absolute atomic E-state index is 0.233. The van der Waals surface area contributed by atoms with Gasteiger partial charge in [0.2, 0.25) is 0 Å². The first-order chi connectivity index (χ1) is 9.33. The Kier molecular flexibility index (Phi) is 3.43. The van der Waals surface area contributed by atoms with Crippen molar-refractivity contribution in [1.29, 1.82) is 0 Å². The second-order valence-corrected chi connectivity index (χ2v) is 5.02. The summed E-state index contributed by atoms with van der Waals surface area (Å²) in [6.07, 6.45) is 0.595. The zero-order chi connectivity index (χ0) is 13.1. The normalized spacial score (nSPS) is 14.3. The molecule has 2 aromatic rings. The van der Waals surface area contributed by atoms with Crippen LogP contribution in [0.2, 0.25) is 0 Å². The van der Waals surface area contributed by atoms with Crippen LogP contribution < -0.4 is 0 Å². The van der Waals surface area contributed by atoms with E-state index in [4.69, 9.17) is 0 Å². The zero-order valence-corrected chi connectivity index (χ0v) is 10.9. The zero-order valence-electron chi connectivity index (χ0n) is 10.9. The summed E-state index contributed by atoms with van der Waals surface area (Å²) >= 11 is 0. The van der Waals surface area contributed by atoms with Crippen LogP contribution in [0.1, 0.15) is 27.9 Å². The maximum atomic E-state index is 12.0. The summed E-state index contributed by atoms with van der Waals surface area (Å²) in [5.74, 6) is 0.233. The molecule has 2 aromatic carbocycles. The van der Waals surface area contributed by atoms with Gasteiger partial charge in [0.1, 0.15) is 0 Å². The van der Waals surface area contributed by atoms with Gasteiger partial charge in [-0.1, -0.05) is 54.6 Å². The first-order valence-electron chi connectivity index (χ1n) is 6.70. The molecule has 2 nitrogen and oxygen atoms in total. The number of fused-ring (bicyclic) bond motifs is 1. The van der Waals surface area contributed by atoms with Crippen LogP contribution in [0.4, 0.5) is 0 Å². The van der Waals surface area contributed by atoms with Crippen molar-refractivity contribution >= 4 is 5.78 Å². The molecule has 0 N–H and O–H groups in total. The van der Waals surface area contributed by atoms with Crippen LogP contribution in [-0.2, 0) is 13.1 Å². The Hall–Kier alpha value is -1.93. The predicted molar refractivity (Wildman–Crippen MR) is 75.9 cm³/mol. The molecule has 0 aliphatic carbocycles. The Labute approximate surface area is 113 Å². The molecule has 0 fully saturated rings. The van der Waals surface area contributed by atoms with Gasteiger partial charge in [0, 0.05) is 31.6 Å². The third-order valence-corrected chi connectivity index (χ3v) is 3.66. The highest BCUT2D eigenvalue weighted by Gasteiger charge is 2.18. The number of hydrogen-bond donors (Lipinski definition) is 0. The van der Waals surface area contributed by atoms with E-state index < -0.39 is 0 Å². The van der Waals surface area contributed by atoms with Crippen LogP contribution in [0, 0.1) is 0 Å². The molecule has 1 aliphatic rings. The molecule has 19 heavy (non-hydrogen) atoms. The van der Waals surface area contributed by atoms with Gasteiger partial charge < -0.3 is 0 Å². The van der Waals surface area contributed by atoms with E-state index in [0.717, 1.165) is 25.2 Å². The van der Waals surface area contributed by atoms with Crippen molar-refractivity contribution in [3.8, 4) is 0 Å². The molecule has 0 saturated heterocycles. The Morgan fingerprint density at radius 1 is 0.895 bits per heavy atom. The van der Waals surface area contributed by atoms with Gasteiger partial charge in [-0.2, -0.15) is 0 Å². The molecule has 1 aliphatic heterocycles. The fourth-order valence-electron chi connectivity index (χ4n) is 2.59. The first-order valence-corrected chi connectivity index (χ1v) is 6.70. The summed E-state index contributed by atoms with van der Waals surface area (Å²) in [5, 5.41) is 0. The fourth-order valence-corrected chi connectivity index (χ4v) is 2.59. The Morgan fingerprint density at radius 3 is 2.11 bits per heavy atom. The minimum atomic E-state index is 0.233. The second-order valence-electron chi connectivity index (χ2n) is 5.02. The molecule has 3 rings (SSSR count). The first kappa shape index (κ1) is 12.1. The third kappa shape index (κ3) is 2.74. The maximum absolute atomic E-state index is 12.0. The summed E-state index contributed by atoms with van der Waals surface area (Å²) < 4.78 is 0. The van der Waals surface area contributed by atoms with Gasteiger partial charge in [-0.05, 0) is 11.1 Å². The van der Waals surface area contributed by atoms with E-state index in [9.17, 15) is 4.79 Å². The number of nitrogens with zero attached hydrogens (tertiary/aromatic N) is 1. The van der Waals surface area contributed by atoms with Crippen LogP contribution in [0.25, 0.3) is 0 Å². The SMILES string of the molecule is O=C(CCN1Cc2ccccc2C1)c1ccccc1. The van der Waals surface area contributed by atoms with E-state index in [1.165, 1.54) is 11.1 Å². The van der Waals surface area contributed by atoms with E-state index in [-0.39, 0.29) is 5.78 Å². The van der Waals surface area contributed by atoms with Gasteiger partial charge >= 0.3 is 0 Å². The lowest BCUT2D eigenvalue weighted by atomic mass is 10.1. The minimum Gasteiger partial charge on any atom is -0.294 e. The summed E-state index contributed by atoms with van der Waals surface area (Å²) in [7, 11) is 0. The van der Waals surface area contributed by atoms with Gasteiger partial charge in [0.15, 0.2) is 5.78 Å². The van der Waals surface area contributed by atoms with Gasteiger partial charge in [-0.15, -0.1) is 0 Å². The lowest BCUT2D eigenvalue weighted by Crippen LogP contribution is -2.20. The summed E-state index contributed by atoms with van der Waals surface area (Å²) in [6, 6.07) is 18.1. The molecular weight excluding hydrogens is 234 g/mol. The molecular formula is C17H17NO. The Bertz CT molecular complexity index is 552. The van der Waals surface area contributed by atoms with Crippen molar-refractivity contribution in [2.45, 2.75) is 19.5 Å². The van der Waals surface area contributed by atoms with Gasteiger partial charge in [0.25, 0.3) is 0 Å². The number of rotatable bonds is 4. The van der Waals surface area contributed by atoms with Crippen LogP contribution in [0.3, 0.4) is 0 Å². The van der Waals surface area contributed by atoms with Gasteiger partial charge in [-0.25, -0.2) is 0 Å². The van der Waals surface area contributed by atoms with Crippen LogP contribution in [0.5, 0.6) is 0 Å². The Morgan fingerprint density at radius 2 is 1.47 bits per heavy atom. The molecule has 0 radical (unpaired) electrons. The molecule has 0 unspecified atom stereocenters. The van der Waals surface area contributed by atoms with E-state index in [0.29, 0.717) is 6.42 Å². The highest BCUT2D eigenvalue weighted by Crippen LogP contribution is 2.22. The van der Waals surface area contributed by atoms with Crippen LogP contribution >= 0.6 is 0 Å². The smallest absolute Gasteiger partial charge is 0.164 e. The molecule has 0 aromatic heterocycles. The predicted octanol–water partition coefficient (Wildman–Crippen LogP) is 3.28. The van der Waals surface area contributed by atoms with E-state index in [2.05, 4.69) is 29.2 Å². The number of carbonyl (C=O) groups is 1. The summed E-state index contributed by atoms with van der Waals surface area (Å²) in [6.45, 7) is 2.78. The standard InChI is InChI=1S/C17H17NO/c19-17(14-6-2-1-3-7-14)10-11-18-12-15-8-4-5-9-16(15)13-18/h1-9H,10-13H2. The average molecular weight is 251 g/mol. The third-order valence-electron chi connectivity index (χ3n) is 3.66. The number of ketones is 1. The number of benzene rings is 2. The van der Waals surface area contributed by atoms with E-state index >= 15 is 0 Å². The van der Waals surface area contributed by atoms with Crippen molar-refractivity contribution in [1.82, 2.24) is 4.90 Å². The second kappa shape index (κ2) is 5.37. The molecule has 0 bridgehead atoms. The topological polar surface area (TPSA) is 20.3 Å². The maximum Gasteiger partial charge on any atom is 0.164 e. The lowest BCUT2D eigenvalue weighted by Gasteiger charge is -2.13. The largest absolute Gasteiger partial charge is 0.294 e. The molecule has 0 atom stereocenters. The van der Waals surface area contributed by atoms with Crippen molar-refractivity contribution in [2.24, 2.45) is 0 Å². The number of hydrogen-bond acceptors (Lipinski definition) is 2. The molecule has 96 valence electrons. The van der Waals surface area contributed by atoms with Crippen molar-refractivity contribution in [2.75, 3.05) is 6.54 Å². The molecule has 1 heterocycles. The monoisotopic (exact) mass is 251 g/mol. The molecule has 0 amide bonds.